The fourth-order valence-electron chi connectivity index (χ4n) is 2.98. The first kappa shape index (κ1) is 13.1. The van der Waals surface area contributed by atoms with Crippen LogP contribution in [0.25, 0.3) is 0 Å². The van der Waals surface area contributed by atoms with Crippen LogP contribution >= 0.6 is 0 Å². The van der Waals surface area contributed by atoms with Crippen molar-refractivity contribution in [2.75, 3.05) is 19.6 Å². The van der Waals surface area contributed by atoms with Gasteiger partial charge in [-0.1, -0.05) is 0 Å². The molecule has 2 fully saturated rings. The molecule has 6 nitrogen and oxygen atoms in total. The van der Waals surface area contributed by atoms with Crippen molar-refractivity contribution in [1.82, 2.24) is 19.2 Å². The number of hydrogen-bond acceptors (Lipinski definition) is 4. The lowest BCUT2D eigenvalue weighted by atomic mass is 9.94. The van der Waals surface area contributed by atoms with E-state index in [1.165, 1.54) is 0 Å². The highest BCUT2D eigenvalue weighted by atomic mass is 32.2. The zero-order valence-corrected chi connectivity index (χ0v) is 11.9. The van der Waals surface area contributed by atoms with Gasteiger partial charge in [-0.2, -0.15) is 4.31 Å². The molecule has 1 aromatic heterocycles. The van der Waals surface area contributed by atoms with E-state index in [-0.39, 0.29) is 5.03 Å². The van der Waals surface area contributed by atoms with E-state index in [0.29, 0.717) is 25.0 Å². The molecule has 2 aliphatic heterocycles. The van der Waals surface area contributed by atoms with Crippen molar-refractivity contribution in [2.45, 2.75) is 37.4 Å². The molecule has 0 saturated carbocycles. The summed E-state index contributed by atoms with van der Waals surface area (Å²) in [4.78, 5) is 4.03. The highest BCUT2D eigenvalue weighted by Crippen LogP contribution is 2.28. The summed E-state index contributed by atoms with van der Waals surface area (Å²) < 4.78 is 28.4. The van der Waals surface area contributed by atoms with Gasteiger partial charge in [0.15, 0.2) is 5.03 Å². The molecule has 0 unspecified atom stereocenters. The van der Waals surface area contributed by atoms with E-state index in [1.54, 1.807) is 21.4 Å². The predicted octanol–water partition coefficient (Wildman–Crippen LogP) is 0.275. The summed E-state index contributed by atoms with van der Waals surface area (Å²) in [5.41, 5.74) is 0. The highest BCUT2D eigenvalue weighted by molar-refractivity contribution is 7.89. The van der Waals surface area contributed by atoms with Gasteiger partial charge in [-0.15, -0.1) is 0 Å². The van der Waals surface area contributed by atoms with Crippen molar-refractivity contribution >= 4 is 10.0 Å². The van der Waals surface area contributed by atoms with E-state index in [4.69, 9.17) is 0 Å². The lowest BCUT2D eigenvalue weighted by Gasteiger charge is -2.24. The van der Waals surface area contributed by atoms with Gasteiger partial charge in [0.1, 0.15) is 0 Å². The molecule has 2 saturated heterocycles. The quantitative estimate of drug-likeness (QED) is 0.865. The Kier molecular flexibility index (Phi) is 3.36. The van der Waals surface area contributed by atoms with Crippen LogP contribution in [-0.4, -0.2) is 48.0 Å². The van der Waals surface area contributed by atoms with E-state index in [1.807, 2.05) is 6.92 Å². The van der Waals surface area contributed by atoms with E-state index in [0.717, 1.165) is 25.9 Å². The van der Waals surface area contributed by atoms with E-state index in [9.17, 15) is 8.42 Å². The molecule has 0 aromatic carbocycles. The normalized spacial score (nSPS) is 28.5. The number of hydrogen-bond donors (Lipinski definition) is 1. The molecule has 2 aliphatic rings. The van der Waals surface area contributed by atoms with Gasteiger partial charge in [-0.25, -0.2) is 13.4 Å². The Labute approximate surface area is 113 Å². The van der Waals surface area contributed by atoms with E-state index >= 15 is 0 Å². The second-order valence-electron chi connectivity index (χ2n) is 5.33. The number of piperidine rings is 1. The van der Waals surface area contributed by atoms with E-state index in [2.05, 4.69) is 10.3 Å². The van der Waals surface area contributed by atoms with Crippen LogP contribution in [0.2, 0.25) is 0 Å². The molecule has 1 aromatic rings. The van der Waals surface area contributed by atoms with Gasteiger partial charge in [0.25, 0.3) is 10.0 Å². The van der Waals surface area contributed by atoms with Crippen LogP contribution in [0.5, 0.6) is 0 Å². The molecule has 3 heterocycles. The zero-order chi connectivity index (χ0) is 13.5. The van der Waals surface area contributed by atoms with Crippen molar-refractivity contribution < 1.29 is 8.42 Å². The maximum Gasteiger partial charge on any atom is 0.262 e. The van der Waals surface area contributed by atoms with Gasteiger partial charge in [-0.05, 0) is 32.2 Å². The van der Waals surface area contributed by atoms with Gasteiger partial charge in [0.2, 0.25) is 0 Å². The minimum absolute atomic E-state index is 0.174. The third kappa shape index (κ3) is 2.30. The average Bonchev–Trinajstić information content (AvgIpc) is 3.05. The summed E-state index contributed by atoms with van der Waals surface area (Å²) in [6.45, 7) is 4.90. The first-order valence-electron chi connectivity index (χ1n) is 6.86. The predicted molar refractivity (Wildman–Crippen MR) is 71.2 cm³/mol. The van der Waals surface area contributed by atoms with Crippen molar-refractivity contribution in [3.05, 3.63) is 12.5 Å². The molecule has 0 aliphatic carbocycles. The monoisotopic (exact) mass is 284 g/mol. The first-order valence-corrected chi connectivity index (χ1v) is 8.30. The van der Waals surface area contributed by atoms with Gasteiger partial charge < -0.3 is 9.88 Å². The molecular weight excluding hydrogens is 264 g/mol. The van der Waals surface area contributed by atoms with Gasteiger partial charge in [-0.3, -0.25) is 0 Å². The second-order valence-corrected chi connectivity index (χ2v) is 7.21. The lowest BCUT2D eigenvalue weighted by molar-refractivity contribution is 0.339. The van der Waals surface area contributed by atoms with Crippen LogP contribution in [0.15, 0.2) is 17.6 Å². The smallest absolute Gasteiger partial charge is 0.262 e. The molecule has 0 spiro atoms. The Morgan fingerprint density at radius 2 is 2.32 bits per heavy atom. The highest BCUT2D eigenvalue weighted by Gasteiger charge is 2.40. The van der Waals surface area contributed by atoms with Crippen LogP contribution in [-0.2, 0) is 16.6 Å². The van der Waals surface area contributed by atoms with Gasteiger partial charge in [0, 0.05) is 31.9 Å². The third-order valence-electron chi connectivity index (χ3n) is 4.14. The lowest BCUT2D eigenvalue weighted by Crippen LogP contribution is -2.41. The minimum atomic E-state index is -3.42. The summed E-state index contributed by atoms with van der Waals surface area (Å²) in [5, 5.41) is 3.59. The molecule has 0 radical (unpaired) electrons. The first-order chi connectivity index (χ1) is 9.11. The molecule has 7 heteroatoms. The SMILES string of the molecule is CCn1cnc(S(=O)(=O)N2C[C@@H]3CCCN[C@@H]3C2)c1. The zero-order valence-electron chi connectivity index (χ0n) is 11.1. The fraction of sp³-hybridized carbons (Fsp3) is 0.750. The second kappa shape index (κ2) is 4.88. The Bertz CT molecular complexity index is 540. The molecule has 3 rings (SSSR count). The number of rotatable bonds is 3. The molecule has 0 amide bonds. The van der Waals surface area contributed by atoms with Crippen LogP contribution < -0.4 is 5.32 Å². The Hall–Kier alpha value is -0.920. The fourth-order valence-corrected chi connectivity index (χ4v) is 4.44. The topological polar surface area (TPSA) is 67.2 Å². The van der Waals surface area contributed by atoms with Gasteiger partial charge in [0.05, 0.1) is 6.33 Å². The largest absolute Gasteiger partial charge is 0.336 e. The maximum absolute atomic E-state index is 12.5. The van der Waals surface area contributed by atoms with E-state index < -0.39 is 10.0 Å². The summed E-state index contributed by atoms with van der Waals surface area (Å²) in [6, 6.07) is 0.316. The summed E-state index contributed by atoms with van der Waals surface area (Å²) in [5.74, 6) is 0.455. The van der Waals surface area contributed by atoms with Crippen molar-refractivity contribution in [2.24, 2.45) is 5.92 Å². The Morgan fingerprint density at radius 3 is 3.00 bits per heavy atom. The third-order valence-corrected chi connectivity index (χ3v) is 5.86. The number of imidazole rings is 1. The average molecular weight is 284 g/mol. The number of aryl methyl sites for hydroxylation is 1. The molecule has 0 bridgehead atoms. The maximum atomic E-state index is 12.5. The van der Waals surface area contributed by atoms with Crippen LogP contribution in [0.1, 0.15) is 19.8 Å². The molecular formula is C12H20N4O2S. The van der Waals surface area contributed by atoms with Crippen molar-refractivity contribution in [3.8, 4) is 0 Å². The van der Waals surface area contributed by atoms with Crippen LogP contribution in [0.3, 0.4) is 0 Å². The Morgan fingerprint density at radius 1 is 1.47 bits per heavy atom. The van der Waals surface area contributed by atoms with Crippen LogP contribution in [0.4, 0.5) is 0 Å². The Balaban J connectivity index is 1.81. The standard InChI is InChI=1S/C12H20N4O2S/c1-2-15-8-12(14-9-15)19(17,18)16-6-10-4-3-5-13-11(10)7-16/h8-11,13H,2-7H2,1H3/t10-,11+/m0/s1. The minimum Gasteiger partial charge on any atom is -0.336 e. The number of aromatic nitrogens is 2. The number of nitrogens with one attached hydrogen (secondary N) is 1. The summed E-state index contributed by atoms with van der Waals surface area (Å²) in [7, 11) is -3.42. The number of sulfonamides is 1. The molecule has 19 heavy (non-hydrogen) atoms. The summed E-state index contributed by atoms with van der Waals surface area (Å²) in [6.07, 6.45) is 5.45. The molecule has 1 N–H and O–H groups in total. The van der Waals surface area contributed by atoms with Crippen molar-refractivity contribution in [1.29, 1.82) is 0 Å². The molecule has 2 atom stereocenters. The summed E-state index contributed by atoms with van der Waals surface area (Å²) >= 11 is 0. The number of nitrogens with zero attached hydrogens (tertiary/aromatic N) is 3. The van der Waals surface area contributed by atoms with Crippen molar-refractivity contribution in [3.63, 3.8) is 0 Å². The number of fused-ring (bicyclic) bond motifs is 1. The molecule has 106 valence electrons. The van der Waals surface area contributed by atoms with Gasteiger partial charge >= 0.3 is 0 Å². The van der Waals surface area contributed by atoms with Crippen LogP contribution in [0, 0.1) is 5.92 Å².